The second-order valence-electron chi connectivity index (χ2n) is 10.3. The Labute approximate surface area is 245 Å². The van der Waals surface area contributed by atoms with Gasteiger partial charge in [-0.2, -0.15) is 4.31 Å². The number of piperidine rings is 2. The van der Waals surface area contributed by atoms with Crippen molar-refractivity contribution in [2.24, 2.45) is 0 Å². The van der Waals surface area contributed by atoms with Crippen molar-refractivity contribution in [1.29, 1.82) is 0 Å². The van der Waals surface area contributed by atoms with Crippen LogP contribution in [0.4, 0.5) is 11.4 Å². The van der Waals surface area contributed by atoms with Crippen molar-refractivity contribution in [2.75, 3.05) is 31.5 Å². The van der Waals surface area contributed by atoms with Crippen LogP contribution in [-0.4, -0.2) is 54.8 Å². The minimum absolute atomic E-state index is 0.0896. The van der Waals surface area contributed by atoms with Gasteiger partial charge in [0.2, 0.25) is 10.0 Å². The maximum absolute atomic E-state index is 13.5. The average Bonchev–Trinajstić information content (AvgIpc) is 2.97. The molecule has 1 N–H and O–H groups in total. The molecule has 0 atom stereocenters. The van der Waals surface area contributed by atoms with Crippen LogP contribution in [0.3, 0.4) is 0 Å². The maximum atomic E-state index is 13.5. The molecule has 3 aromatic rings. The van der Waals surface area contributed by atoms with E-state index in [-0.39, 0.29) is 16.3 Å². The molecule has 0 saturated carbocycles. The van der Waals surface area contributed by atoms with E-state index >= 15 is 0 Å². The van der Waals surface area contributed by atoms with Crippen molar-refractivity contribution in [1.82, 2.24) is 9.21 Å². The van der Waals surface area contributed by atoms with Crippen LogP contribution in [-0.2, 0) is 10.0 Å². The third kappa shape index (κ3) is 6.14. The Balaban J connectivity index is 1.42. The molecule has 0 aliphatic carbocycles. The summed E-state index contributed by atoms with van der Waals surface area (Å²) in [6.07, 6.45) is 5.16. The SMILES string of the molecule is O=[N+]([O-])c1cc(S(=O)(=O)N2CCC(N3CCCCC3)CC2)ccc1NC(c1ccccc1Cl)c1ccccc1Cl. The summed E-state index contributed by atoms with van der Waals surface area (Å²) >= 11 is 13.0. The molecule has 0 amide bonds. The Morgan fingerprint density at radius 2 is 1.43 bits per heavy atom. The largest absolute Gasteiger partial charge is 0.368 e. The molecule has 11 heteroatoms. The topological polar surface area (TPSA) is 95.8 Å². The number of benzene rings is 3. The lowest BCUT2D eigenvalue weighted by Crippen LogP contribution is -2.48. The van der Waals surface area contributed by atoms with E-state index in [9.17, 15) is 18.5 Å². The predicted octanol–water partition coefficient (Wildman–Crippen LogP) is 6.74. The maximum Gasteiger partial charge on any atom is 0.293 e. The van der Waals surface area contributed by atoms with Gasteiger partial charge in [-0.05, 0) is 74.2 Å². The van der Waals surface area contributed by atoms with Gasteiger partial charge in [0, 0.05) is 35.2 Å². The van der Waals surface area contributed by atoms with Gasteiger partial charge < -0.3 is 10.2 Å². The fourth-order valence-corrected chi connectivity index (χ4v) is 7.70. The zero-order valence-corrected chi connectivity index (χ0v) is 24.3. The fraction of sp³-hybridized carbons (Fsp3) is 0.379. The predicted molar refractivity (Wildman–Crippen MR) is 159 cm³/mol. The van der Waals surface area contributed by atoms with Crippen molar-refractivity contribution >= 4 is 44.6 Å². The van der Waals surface area contributed by atoms with E-state index in [4.69, 9.17) is 23.2 Å². The normalized spacial score (nSPS) is 17.7. The van der Waals surface area contributed by atoms with Crippen molar-refractivity contribution in [3.8, 4) is 0 Å². The molecular formula is C29H32Cl2N4O4S. The van der Waals surface area contributed by atoms with E-state index in [2.05, 4.69) is 10.2 Å². The van der Waals surface area contributed by atoms with Crippen LogP contribution in [0.5, 0.6) is 0 Å². The number of likely N-dealkylation sites (tertiary alicyclic amines) is 1. The summed E-state index contributed by atoms with van der Waals surface area (Å²) in [6.45, 7) is 2.94. The van der Waals surface area contributed by atoms with Crippen LogP contribution >= 0.6 is 23.2 Å². The lowest BCUT2D eigenvalue weighted by molar-refractivity contribution is -0.384. The molecule has 2 aliphatic rings. The molecule has 0 aromatic heterocycles. The number of hydrogen-bond donors (Lipinski definition) is 1. The van der Waals surface area contributed by atoms with E-state index in [1.54, 1.807) is 24.3 Å². The standard InChI is InChI=1S/C29H32Cl2N4O4S/c30-25-10-4-2-8-23(25)29(24-9-3-5-11-26(24)31)32-27-13-12-22(20-28(27)35(36)37)40(38,39)34-18-14-21(15-19-34)33-16-6-1-7-17-33/h2-5,8-13,20-21,29,32H,1,6-7,14-19H2. The number of sulfonamides is 1. The monoisotopic (exact) mass is 602 g/mol. The van der Waals surface area contributed by atoms with Crippen LogP contribution in [0, 0.1) is 10.1 Å². The molecule has 2 saturated heterocycles. The van der Waals surface area contributed by atoms with Gasteiger partial charge in [0.1, 0.15) is 5.69 Å². The Bertz CT molecular complexity index is 1430. The average molecular weight is 604 g/mol. The third-order valence-electron chi connectivity index (χ3n) is 7.87. The second-order valence-corrected chi connectivity index (χ2v) is 13.0. The van der Waals surface area contributed by atoms with Gasteiger partial charge in [0.15, 0.2) is 0 Å². The minimum atomic E-state index is -3.89. The Kier molecular flexibility index (Phi) is 8.97. The molecule has 212 valence electrons. The molecule has 8 nitrogen and oxygen atoms in total. The number of nitro groups is 1. The number of nitro benzene ring substituents is 1. The smallest absolute Gasteiger partial charge is 0.293 e. The second kappa shape index (κ2) is 12.4. The lowest BCUT2D eigenvalue weighted by Gasteiger charge is -2.39. The van der Waals surface area contributed by atoms with Gasteiger partial charge in [-0.25, -0.2) is 8.42 Å². The molecule has 5 rings (SSSR count). The molecular weight excluding hydrogens is 571 g/mol. The summed E-state index contributed by atoms with van der Waals surface area (Å²) in [6, 6.07) is 18.2. The summed E-state index contributed by atoms with van der Waals surface area (Å²) in [5.74, 6) is 0. The summed E-state index contributed by atoms with van der Waals surface area (Å²) in [5.41, 5.74) is 1.19. The molecule has 40 heavy (non-hydrogen) atoms. The molecule has 2 aliphatic heterocycles. The van der Waals surface area contributed by atoms with Crippen molar-refractivity contribution in [3.63, 3.8) is 0 Å². The summed E-state index contributed by atoms with van der Waals surface area (Å²) in [7, 11) is -3.89. The van der Waals surface area contributed by atoms with Gasteiger partial charge in [0.25, 0.3) is 5.69 Å². The number of rotatable bonds is 8. The highest BCUT2D eigenvalue weighted by Crippen LogP contribution is 2.38. The van der Waals surface area contributed by atoms with Crippen LogP contribution in [0.1, 0.15) is 49.3 Å². The van der Waals surface area contributed by atoms with Gasteiger partial charge in [-0.15, -0.1) is 0 Å². The van der Waals surface area contributed by atoms with E-state index < -0.39 is 21.0 Å². The molecule has 2 heterocycles. The zero-order chi connectivity index (χ0) is 28.3. The highest BCUT2D eigenvalue weighted by atomic mass is 35.5. The van der Waals surface area contributed by atoms with E-state index in [0.29, 0.717) is 40.3 Å². The van der Waals surface area contributed by atoms with Crippen LogP contribution in [0.15, 0.2) is 71.6 Å². The van der Waals surface area contributed by atoms with Crippen molar-refractivity contribution in [2.45, 2.75) is 49.1 Å². The van der Waals surface area contributed by atoms with Crippen LogP contribution in [0.2, 0.25) is 10.0 Å². The number of nitrogens with zero attached hydrogens (tertiary/aromatic N) is 3. The number of halogens is 2. The highest BCUT2D eigenvalue weighted by molar-refractivity contribution is 7.89. The van der Waals surface area contributed by atoms with Gasteiger partial charge in [0.05, 0.1) is 15.9 Å². The number of hydrogen-bond acceptors (Lipinski definition) is 6. The third-order valence-corrected chi connectivity index (χ3v) is 10.4. The van der Waals surface area contributed by atoms with Crippen LogP contribution < -0.4 is 5.32 Å². The summed E-state index contributed by atoms with van der Waals surface area (Å²) in [5, 5.41) is 16.3. The highest BCUT2D eigenvalue weighted by Gasteiger charge is 2.33. The van der Waals surface area contributed by atoms with Crippen molar-refractivity contribution in [3.05, 3.63) is 98.0 Å². The first-order valence-electron chi connectivity index (χ1n) is 13.5. The number of anilines is 1. The van der Waals surface area contributed by atoms with Gasteiger partial charge in [-0.3, -0.25) is 10.1 Å². The molecule has 2 fully saturated rings. The van der Waals surface area contributed by atoms with Crippen LogP contribution in [0.25, 0.3) is 0 Å². The van der Waals surface area contributed by atoms with E-state index in [1.165, 1.54) is 35.7 Å². The van der Waals surface area contributed by atoms with E-state index in [0.717, 1.165) is 32.0 Å². The summed E-state index contributed by atoms with van der Waals surface area (Å²) < 4.78 is 28.5. The van der Waals surface area contributed by atoms with Gasteiger partial charge >= 0.3 is 0 Å². The Morgan fingerprint density at radius 1 is 0.850 bits per heavy atom. The quantitative estimate of drug-likeness (QED) is 0.226. The molecule has 0 spiro atoms. The first-order valence-corrected chi connectivity index (χ1v) is 15.7. The summed E-state index contributed by atoms with van der Waals surface area (Å²) in [4.78, 5) is 14.0. The Hall–Kier alpha value is -2.69. The molecule has 0 bridgehead atoms. The zero-order valence-electron chi connectivity index (χ0n) is 22.0. The first-order chi connectivity index (χ1) is 19.3. The lowest BCUT2D eigenvalue weighted by atomic mass is 9.98. The van der Waals surface area contributed by atoms with Gasteiger partial charge in [-0.1, -0.05) is 66.0 Å². The molecule has 0 unspecified atom stereocenters. The molecule has 0 radical (unpaired) electrons. The van der Waals surface area contributed by atoms with Crippen molar-refractivity contribution < 1.29 is 13.3 Å². The molecule has 3 aromatic carbocycles. The fourth-order valence-electron chi connectivity index (χ4n) is 5.72. The number of nitrogens with one attached hydrogen (secondary N) is 1. The minimum Gasteiger partial charge on any atom is -0.368 e. The first kappa shape index (κ1) is 28.8. The van der Waals surface area contributed by atoms with E-state index in [1.807, 2.05) is 24.3 Å². The Morgan fingerprint density at radius 3 is 1.98 bits per heavy atom.